The summed E-state index contributed by atoms with van der Waals surface area (Å²) in [4.78, 5) is 27.1. The molecule has 4 heteroatoms. The van der Waals surface area contributed by atoms with Gasteiger partial charge in [-0.3, -0.25) is 14.5 Å². The van der Waals surface area contributed by atoms with E-state index in [2.05, 4.69) is 13.8 Å². The third-order valence-corrected chi connectivity index (χ3v) is 5.60. The Balaban J connectivity index is 2.50. The Labute approximate surface area is 184 Å². The lowest BCUT2D eigenvalue weighted by Crippen LogP contribution is -2.36. The van der Waals surface area contributed by atoms with Crippen molar-refractivity contribution in [2.75, 3.05) is 4.90 Å². The lowest BCUT2D eigenvalue weighted by Gasteiger charge is -2.21. The molecule has 2 amide bonds. The summed E-state index contributed by atoms with van der Waals surface area (Å²) < 4.78 is 0. The van der Waals surface area contributed by atoms with E-state index in [0.717, 1.165) is 38.5 Å². The molecule has 0 fully saturated rings. The lowest BCUT2D eigenvalue weighted by atomic mass is 10.1. The molecule has 0 saturated heterocycles. The van der Waals surface area contributed by atoms with Gasteiger partial charge in [0, 0.05) is 12.8 Å². The van der Waals surface area contributed by atoms with Crippen molar-refractivity contribution in [3.63, 3.8) is 0 Å². The average Bonchev–Trinajstić information content (AvgIpc) is 2.74. The maximum Gasteiger partial charge on any atom is 0.233 e. The SMILES string of the molecule is CCCCCCCCCC(=O)N(C(=O)CCCCCCCCC)c1ccc(O)cc1. The minimum atomic E-state index is -0.123. The van der Waals surface area contributed by atoms with Crippen LogP contribution in [0.1, 0.15) is 117 Å². The van der Waals surface area contributed by atoms with Crippen molar-refractivity contribution in [2.45, 2.75) is 117 Å². The number of rotatable bonds is 17. The van der Waals surface area contributed by atoms with Gasteiger partial charge in [-0.05, 0) is 37.1 Å². The number of carbonyl (C=O) groups is 2. The standard InChI is InChI=1S/C26H43NO3/c1-3-5-7-9-11-13-15-17-25(29)27(23-19-21-24(28)22-20-23)26(30)18-16-14-12-10-8-6-4-2/h19-22,28H,3-18H2,1-2H3. The predicted molar refractivity (Wildman–Crippen MR) is 126 cm³/mol. The van der Waals surface area contributed by atoms with E-state index in [1.54, 1.807) is 12.1 Å². The Hall–Kier alpha value is -1.84. The number of benzene rings is 1. The van der Waals surface area contributed by atoms with Crippen LogP contribution in [0, 0.1) is 0 Å². The quantitative estimate of drug-likeness (QED) is 0.266. The first kappa shape index (κ1) is 26.2. The maximum absolute atomic E-state index is 12.9. The molecule has 30 heavy (non-hydrogen) atoms. The highest BCUT2D eigenvalue weighted by Gasteiger charge is 2.22. The minimum Gasteiger partial charge on any atom is -0.508 e. The van der Waals surface area contributed by atoms with Crippen molar-refractivity contribution in [3.8, 4) is 5.75 Å². The number of nitrogens with zero attached hydrogens (tertiary/aromatic N) is 1. The molecule has 170 valence electrons. The van der Waals surface area contributed by atoms with Gasteiger partial charge in [0.2, 0.25) is 11.8 Å². The molecular formula is C26H43NO3. The van der Waals surface area contributed by atoms with Crippen LogP contribution in [-0.4, -0.2) is 16.9 Å². The predicted octanol–water partition coefficient (Wildman–Crippen LogP) is 7.53. The first-order chi connectivity index (χ1) is 14.6. The molecule has 1 aromatic carbocycles. The van der Waals surface area contributed by atoms with Crippen LogP contribution in [0.15, 0.2) is 24.3 Å². The van der Waals surface area contributed by atoms with Crippen molar-refractivity contribution in [2.24, 2.45) is 0 Å². The summed E-state index contributed by atoms with van der Waals surface area (Å²) in [6.07, 6.45) is 16.8. The molecule has 0 aliphatic rings. The normalized spacial score (nSPS) is 10.9. The highest BCUT2D eigenvalue weighted by molar-refractivity contribution is 6.14. The number of hydrogen-bond acceptors (Lipinski definition) is 3. The van der Waals surface area contributed by atoms with E-state index < -0.39 is 0 Å². The van der Waals surface area contributed by atoms with E-state index in [0.29, 0.717) is 18.5 Å². The molecule has 0 aliphatic carbocycles. The molecule has 0 radical (unpaired) electrons. The van der Waals surface area contributed by atoms with E-state index in [-0.39, 0.29) is 17.6 Å². The van der Waals surface area contributed by atoms with Crippen LogP contribution in [0.5, 0.6) is 5.75 Å². The number of aromatic hydroxyl groups is 1. The van der Waals surface area contributed by atoms with E-state index in [4.69, 9.17) is 0 Å². The minimum absolute atomic E-state index is 0.123. The van der Waals surface area contributed by atoms with Crippen LogP contribution in [-0.2, 0) is 9.59 Å². The van der Waals surface area contributed by atoms with Gasteiger partial charge in [0.15, 0.2) is 0 Å². The zero-order valence-electron chi connectivity index (χ0n) is 19.3. The molecule has 0 aliphatic heterocycles. The Kier molecular flexibility index (Phi) is 14.8. The van der Waals surface area contributed by atoms with Crippen molar-refractivity contribution in [3.05, 3.63) is 24.3 Å². The van der Waals surface area contributed by atoms with Gasteiger partial charge < -0.3 is 5.11 Å². The molecule has 0 heterocycles. The van der Waals surface area contributed by atoms with Crippen LogP contribution in [0.3, 0.4) is 0 Å². The summed E-state index contributed by atoms with van der Waals surface area (Å²) >= 11 is 0. The van der Waals surface area contributed by atoms with E-state index in [1.807, 2.05) is 0 Å². The molecule has 0 atom stereocenters. The Bertz CT molecular complexity index is 552. The fraction of sp³-hybridized carbons (Fsp3) is 0.692. The molecule has 4 nitrogen and oxygen atoms in total. The fourth-order valence-electron chi connectivity index (χ4n) is 3.72. The molecule has 0 bridgehead atoms. The van der Waals surface area contributed by atoms with Gasteiger partial charge in [-0.15, -0.1) is 0 Å². The van der Waals surface area contributed by atoms with Crippen molar-refractivity contribution < 1.29 is 14.7 Å². The van der Waals surface area contributed by atoms with Gasteiger partial charge in [0.05, 0.1) is 5.69 Å². The molecule has 0 spiro atoms. The zero-order valence-corrected chi connectivity index (χ0v) is 19.3. The number of imide groups is 1. The molecule has 1 aromatic rings. The molecule has 0 aromatic heterocycles. The Morgan fingerprint density at radius 2 is 1.00 bits per heavy atom. The Morgan fingerprint density at radius 1 is 0.633 bits per heavy atom. The highest BCUT2D eigenvalue weighted by Crippen LogP contribution is 2.22. The maximum atomic E-state index is 12.9. The summed E-state index contributed by atoms with van der Waals surface area (Å²) in [6, 6.07) is 6.37. The van der Waals surface area contributed by atoms with Gasteiger partial charge in [-0.1, -0.05) is 90.9 Å². The molecule has 0 unspecified atom stereocenters. The number of phenols is 1. The topological polar surface area (TPSA) is 57.6 Å². The summed E-state index contributed by atoms with van der Waals surface area (Å²) in [5.41, 5.74) is 0.564. The van der Waals surface area contributed by atoms with Gasteiger partial charge in [0.1, 0.15) is 5.75 Å². The monoisotopic (exact) mass is 417 g/mol. The number of amides is 2. The molecule has 1 rings (SSSR count). The second kappa shape index (κ2) is 16.9. The second-order valence-corrected chi connectivity index (χ2v) is 8.38. The highest BCUT2D eigenvalue weighted by atomic mass is 16.3. The molecule has 0 saturated carbocycles. The number of phenolic OH excluding ortho intramolecular Hbond substituents is 1. The molecule has 1 N–H and O–H groups in total. The van der Waals surface area contributed by atoms with Gasteiger partial charge in [-0.25, -0.2) is 0 Å². The fourth-order valence-corrected chi connectivity index (χ4v) is 3.72. The van der Waals surface area contributed by atoms with Crippen molar-refractivity contribution in [1.29, 1.82) is 0 Å². The van der Waals surface area contributed by atoms with Gasteiger partial charge >= 0.3 is 0 Å². The van der Waals surface area contributed by atoms with Crippen molar-refractivity contribution in [1.82, 2.24) is 0 Å². The number of unbranched alkanes of at least 4 members (excludes halogenated alkanes) is 12. The van der Waals surface area contributed by atoms with Gasteiger partial charge in [0.25, 0.3) is 0 Å². The van der Waals surface area contributed by atoms with E-state index in [9.17, 15) is 14.7 Å². The van der Waals surface area contributed by atoms with E-state index in [1.165, 1.54) is 68.4 Å². The summed E-state index contributed by atoms with van der Waals surface area (Å²) in [5.74, 6) is -0.109. The molecular weight excluding hydrogens is 374 g/mol. The average molecular weight is 418 g/mol. The number of carbonyl (C=O) groups excluding carboxylic acids is 2. The Morgan fingerprint density at radius 3 is 1.40 bits per heavy atom. The summed E-state index contributed by atoms with van der Waals surface area (Å²) in [6.45, 7) is 4.42. The zero-order chi connectivity index (χ0) is 22.0. The summed E-state index contributed by atoms with van der Waals surface area (Å²) in [5, 5.41) is 9.55. The lowest BCUT2D eigenvalue weighted by molar-refractivity contribution is -0.126. The largest absolute Gasteiger partial charge is 0.508 e. The first-order valence-electron chi connectivity index (χ1n) is 12.2. The number of anilines is 1. The van der Waals surface area contributed by atoms with E-state index >= 15 is 0 Å². The second-order valence-electron chi connectivity index (χ2n) is 8.38. The van der Waals surface area contributed by atoms with Gasteiger partial charge in [-0.2, -0.15) is 0 Å². The van der Waals surface area contributed by atoms with Crippen LogP contribution in [0.2, 0.25) is 0 Å². The third-order valence-electron chi connectivity index (χ3n) is 5.60. The van der Waals surface area contributed by atoms with Crippen LogP contribution >= 0.6 is 0 Å². The first-order valence-corrected chi connectivity index (χ1v) is 12.2. The third kappa shape index (κ3) is 11.4. The number of hydrogen-bond donors (Lipinski definition) is 1. The summed E-state index contributed by atoms with van der Waals surface area (Å²) in [7, 11) is 0. The van der Waals surface area contributed by atoms with Crippen molar-refractivity contribution >= 4 is 17.5 Å². The van der Waals surface area contributed by atoms with Crippen LogP contribution in [0.4, 0.5) is 5.69 Å². The smallest absolute Gasteiger partial charge is 0.233 e. The van der Waals surface area contributed by atoms with Crippen LogP contribution in [0.25, 0.3) is 0 Å². The van der Waals surface area contributed by atoms with Crippen LogP contribution < -0.4 is 4.90 Å².